The number of hydrogen-bond donors (Lipinski definition) is 0. The van der Waals surface area contributed by atoms with Crippen molar-refractivity contribution in [3.05, 3.63) is 41.6 Å². The molecule has 0 saturated heterocycles. The number of aromatic nitrogens is 1. The van der Waals surface area contributed by atoms with Crippen molar-refractivity contribution < 1.29 is 4.79 Å². The number of carbonyl (C=O) groups excluding carboxylic acids is 1. The molecule has 2 aromatic rings. The van der Waals surface area contributed by atoms with Crippen molar-refractivity contribution in [3.63, 3.8) is 0 Å². The van der Waals surface area contributed by atoms with E-state index in [4.69, 9.17) is 0 Å². The van der Waals surface area contributed by atoms with Crippen LogP contribution in [0.2, 0.25) is 0 Å². The molecular weight excluding hydrogens is 282 g/mol. The summed E-state index contributed by atoms with van der Waals surface area (Å²) < 4.78 is 0. The topological polar surface area (TPSA) is 30.0 Å². The summed E-state index contributed by atoms with van der Waals surface area (Å²) in [4.78, 5) is 16.1. The van der Waals surface area contributed by atoms with Crippen molar-refractivity contribution in [2.45, 2.75) is 58.8 Å². The Morgan fingerprint density at radius 3 is 2.65 bits per heavy atom. The Hall–Kier alpha value is -2.14. The second kappa shape index (κ2) is 9.10. The third-order valence-electron chi connectivity index (χ3n) is 4.03. The second-order valence-electron chi connectivity index (χ2n) is 5.94. The quantitative estimate of drug-likeness (QED) is 0.382. The zero-order valence-corrected chi connectivity index (χ0v) is 14.2. The van der Waals surface area contributed by atoms with Crippen LogP contribution in [0.4, 0.5) is 0 Å². The Balaban J connectivity index is 2.03. The number of hydrogen-bond acceptors (Lipinski definition) is 2. The second-order valence-corrected chi connectivity index (χ2v) is 5.94. The molecule has 0 bridgehead atoms. The van der Waals surface area contributed by atoms with E-state index < -0.39 is 0 Å². The number of benzene rings is 1. The van der Waals surface area contributed by atoms with Gasteiger partial charge >= 0.3 is 0 Å². The Labute approximate surface area is 139 Å². The summed E-state index contributed by atoms with van der Waals surface area (Å²) in [5, 5.41) is 0.968. The zero-order chi connectivity index (χ0) is 16.5. The summed E-state index contributed by atoms with van der Waals surface area (Å²) in [6.07, 6.45) is 10.4. The van der Waals surface area contributed by atoms with Gasteiger partial charge in [0, 0.05) is 29.1 Å². The van der Waals surface area contributed by atoms with E-state index in [0.29, 0.717) is 5.56 Å². The predicted octanol–water partition coefficient (Wildman–Crippen LogP) is 5.54. The van der Waals surface area contributed by atoms with Crippen LogP contribution in [-0.2, 0) is 0 Å². The van der Waals surface area contributed by atoms with E-state index in [1.807, 2.05) is 24.3 Å². The molecular formula is C21H25NO. The molecule has 1 aromatic carbocycles. The van der Waals surface area contributed by atoms with E-state index in [2.05, 4.69) is 23.7 Å². The van der Waals surface area contributed by atoms with Crippen LogP contribution in [0, 0.1) is 11.8 Å². The Morgan fingerprint density at radius 2 is 1.87 bits per heavy atom. The van der Waals surface area contributed by atoms with Crippen LogP contribution in [0.25, 0.3) is 10.9 Å². The van der Waals surface area contributed by atoms with Crippen LogP contribution in [0.15, 0.2) is 30.5 Å². The highest BCUT2D eigenvalue weighted by atomic mass is 16.1. The molecule has 2 rings (SSSR count). The average molecular weight is 307 g/mol. The van der Waals surface area contributed by atoms with E-state index in [1.54, 1.807) is 13.1 Å². The molecule has 0 fully saturated rings. The van der Waals surface area contributed by atoms with Crippen molar-refractivity contribution in [1.29, 1.82) is 0 Å². The molecule has 0 N–H and O–H groups in total. The normalized spacial score (nSPS) is 10.3. The molecule has 0 unspecified atom stereocenters. The van der Waals surface area contributed by atoms with Crippen LogP contribution in [-0.4, -0.2) is 10.8 Å². The first-order valence-corrected chi connectivity index (χ1v) is 8.61. The van der Waals surface area contributed by atoms with Gasteiger partial charge in [0.05, 0.1) is 5.52 Å². The van der Waals surface area contributed by atoms with Crippen LogP contribution in [0.5, 0.6) is 0 Å². The minimum atomic E-state index is 0.0419. The first kappa shape index (κ1) is 17.2. The number of unbranched alkanes of at least 4 members (excludes halogenated alkanes) is 6. The first-order valence-electron chi connectivity index (χ1n) is 8.61. The molecule has 0 aliphatic carbocycles. The number of fused-ring (bicyclic) bond motifs is 1. The summed E-state index contributed by atoms with van der Waals surface area (Å²) >= 11 is 0. The smallest absolute Gasteiger partial charge is 0.161 e. The molecule has 0 amide bonds. The van der Waals surface area contributed by atoms with Crippen LogP contribution >= 0.6 is 0 Å². The van der Waals surface area contributed by atoms with Gasteiger partial charge in [-0.25, -0.2) is 0 Å². The number of Topliss-reactive ketones (excluding diaryl/α,β-unsaturated/α-hetero) is 1. The van der Waals surface area contributed by atoms with Gasteiger partial charge in [0.2, 0.25) is 0 Å². The first-order chi connectivity index (χ1) is 11.2. The summed E-state index contributed by atoms with van der Waals surface area (Å²) in [5.74, 6) is 6.57. The molecule has 0 radical (unpaired) electrons. The lowest BCUT2D eigenvalue weighted by molar-refractivity contribution is 0.101. The molecule has 0 spiro atoms. The number of pyridine rings is 1. The van der Waals surface area contributed by atoms with Crippen molar-refractivity contribution in [2.24, 2.45) is 0 Å². The van der Waals surface area contributed by atoms with Crippen LogP contribution < -0.4 is 0 Å². The SMILES string of the molecule is CCCCCCCCC#Cc1ccc(C(C)=O)c2ncccc12. The maximum atomic E-state index is 11.7. The Morgan fingerprint density at radius 1 is 1.09 bits per heavy atom. The van der Waals surface area contributed by atoms with Gasteiger partial charge in [-0.2, -0.15) is 0 Å². The van der Waals surface area contributed by atoms with Crippen molar-refractivity contribution in [2.75, 3.05) is 0 Å². The molecule has 1 heterocycles. The van der Waals surface area contributed by atoms with Gasteiger partial charge in [-0.1, -0.05) is 56.9 Å². The minimum absolute atomic E-state index is 0.0419. The third kappa shape index (κ3) is 4.93. The van der Waals surface area contributed by atoms with Gasteiger partial charge in [0.1, 0.15) is 0 Å². The maximum absolute atomic E-state index is 11.7. The van der Waals surface area contributed by atoms with Gasteiger partial charge < -0.3 is 0 Å². The Kier molecular flexibility index (Phi) is 6.81. The number of carbonyl (C=O) groups is 1. The van der Waals surface area contributed by atoms with Gasteiger partial charge in [-0.3, -0.25) is 9.78 Å². The lowest BCUT2D eigenvalue weighted by atomic mass is 10.0. The lowest BCUT2D eigenvalue weighted by Crippen LogP contribution is -1.96. The van der Waals surface area contributed by atoms with E-state index in [-0.39, 0.29) is 5.78 Å². The number of nitrogens with zero attached hydrogens (tertiary/aromatic N) is 1. The standard InChI is InChI=1S/C21H25NO/c1-3-4-5-6-7-8-9-10-12-18-14-15-19(17(2)23)21-20(18)13-11-16-22-21/h11,13-16H,3-9H2,1-2H3. The van der Waals surface area contributed by atoms with Crippen molar-refractivity contribution in [3.8, 4) is 11.8 Å². The van der Waals surface area contributed by atoms with E-state index in [0.717, 1.165) is 22.9 Å². The van der Waals surface area contributed by atoms with Gasteiger partial charge in [0.15, 0.2) is 5.78 Å². The molecule has 0 aliphatic rings. The summed E-state index contributed by atoms with van der Waals surface area (Å²) in [7, 11) is 0. The van der Waals surface area contributed by atoms with Crippen molar-refractivity contribution in [1.82, 2.24) is 4.98 Å². The molecule has 0 saturated carbocycles. The third-order valence-corrected chi connectivity index (χ3v) is 4.03. The molecule has 0 atom stereocenters. The molecule has 120 valence electrons. The number of rotatable bonds is 7. The highest BCUT2D eigenvalue weighted by molar-refractivity contribution is 6.06. The lowest BCUT2D eigenvalue weighted by Gasteiger charge is -2.04. The summed E-state index contributed by atoms with van der Waals surface area (Å²) in [5.41, 5.74) is 2.39. The highest BCUT2D eigenvalue weighted by Crippen LogP contribution is 2.20. The van der Waals surface area contributed by atoms with E-state index in [1.165, 1.54) is 38.5 Å². The fourth-order valence-corrected chi connectivity index (χ4v) is 2.72. The highest BCUT2D eigenvalue weighted by Gasteiger charge is 2.08. The van der Waals surface area contributed by atoms with Crippen LogP contribution in [0.3, 0.4) is 0 Å². The monoisotopic (exact) mass is 307 g/mol. The molecule has 1 aromatic heterocycles. The predicted molar refractivity (Wildman–Crippen MR) is 96.6 cm³/mol. The zero-order valence-electron chi connectivity index (χ0n) is 14.2. The van der Waals surface area contributed by atoms with Gasteiger partial charge in [-0.15, -0.1) is 0 Å². The summed E-state index contributed by atoms with van der Waals surface area (Å²) in [6.45, 7) is 3.81. The molecule has 0 aliphatic heterocycles. The Bertz CT molecular complexity index is 721. The molecule has 2 nitrogen and oxygen atoms in total. The fourth-order valence-electron chi connectivity index (χ4n) is 2.72. The largest absolute Gasteiger partial charge is 0.294 e. The fraction of sp³-hybridized carbons (Fsp3) is 0.429. The van der Waals surface area contributed by atoms with Crippen molar-refractivity contribution >= 4 is 16.7 Å². The summed E-state index contributed by atoms with van der Waals surface area (Å²) in [6, 6.07) is 7.66. The van der Waals surface area contributed by atoms with Crippen LogP contribution in [0.1, 0.15) is 74.7 Å². The maximum Gasteiger partial charge on any atom is 0.161 e. The molecule has 2 heteroatoms. The molecule has 23 heavy (non-hydrogen) atoms. The van der Waals surface area contributed by atoms with Gasteiger partial charge in [-0.05, 0) is 31.5 Å². The van der Waals surface area contributed by atoms with E-state index in [9.17, 15) is 4.79 Å². The number of ketones is 1. The minimum Gasteiger partial charge on any atom is -0.294 e. The van der Waals surface area contributed by atoms with E-state index >= 15 is 0 Å². The van der Waals surface area contributed by atoms with Gasteiger partial charge in [0.25, 0.3) is 0 Å². The average Bonchev–Trinajstić information content (AvgIpc) is 2.57.